The molecule has 0 heterocycles. The lowest BCUT2D eigenvalue weighted by Crippen LogP contribution is -2.31. The standard InChI is InChI=1S/C11H13ClINO2/c1-7(12)6-14(2)11(16)8-3-4-9(13)10(15)5-8/h3-5,7,15H,6H2,1-2H3. The summed E-state index contributed by atoms with van der Waals surface area (Å²) >= 11 is 7.82. The fourth-order valence-electron chi connectivity index (χ4n) is 1.33. The number of hydrogen-bond acceptors (Lipinski definition) is 2. The van der Waals surface area contributed by atoms with Crippen LogP contribution in [0.25, 0.3) is 0 Å². The number of benzene rings is 1. The van der Waals surface area contributed by atoms with Crippen LogP contribution in [0.4, 0.5) is 0 Å². The lowest BCUT2D eigenvalue weighted by atomic mass is 10.2. The van der Waals surface area contributed by atoms with Gasteiger partial charge in [-0.25, -0.2) is 0 Å². The number of alkyl halides is 1. The van der Waals surface area contributed by atoms with Crippen LogP contribution in [0.1, 0.15) is 17.3 Å². The molecule has 1 unspecified atom stereocenters. The van der Waals surface area contributed by atoms with Crippen molar-refractivity contribution in [3.63, 3.8) is 0 Å². The van der Waals surface area contributed by atoms with Crippen LogP contribution in [-0.4, -0.2) is 34.9 Å². The Balaban J connectivity index is 2.84. The molecule has 0 fully saturated rings. The number of phenolic OH excluding ortho intramolecular Hbond substituents is 1. The molecular weight excluding hydrogens is 340 g/mol. The van der Waals surface area contributed by atoms with Crippen molar-refractivity contribution in [2.45, 2.75) is 12.3 Å². The first-order chi connectivity index (χ1) is 7.41. The number of rotatable bonds is 3. The van der Waals surface area contributed by atoms with Gasteiger partial charge in [0.05, 0.1) is 3.57 Å². The molecule has 1 aromatic carbocycles. The topological polar surface area (TPSA) is 40.5 Å². The van der Waals surface area contributed by atoms with Crippen LogP contribution in [0.15, 0.2) is 18.2 Å². The Hall–Kier alpha value is -0.490. The summed E-state index contributed by atoms with van der Waals surface area (Å²) in [6.45, 7) is 2.31. The van der Waals surface area contributed by atoms with Crippen molar-refractivity contribution in [3.8, 4) is 5.75 Å². The molecule has 0 aliphatic heterocycles. The lowest BCUT2D eigenvalue weighted by molar-refractivity contribution is 0.0795. The van der Waals surface area contributed by atoms with Crippen LogP contribution in [0, 0.1) is 3.57 Å². The highest BCUT2D eigenvalue weighted by Crippen LogP contribution is 2.21. The maximum absolute atomic E-state index is 11.9. The highest BCUT2D eigenvalue weighted by molar-refractivity contribution is 14.1. The highest BCUT2D eigenvalue weighted by atomic mass is 127. The third-order valence-electron chi connectivity index (χ3n) is 2.07. The maximum atomic E-state index is 11.9. The van der Waals surface area contributed by atoms with E-state index in [2.05, 4.69) is 0 Å². The molecule has 1 aromatic rings. The van der Waals surface area contributed by atoms with Crippen LogP contribution < -0.4 is 0 Å². The molecule has 1 amide bonds. The Bertz CT molecular complexity index is 396. The van der Waals surface area contributed by atoms with Crippen molar-refractivity contribution >= 4 is 40.1 Å². The summed E-state index contributed by atoms with van der Waals surface area (Å²) in [5.41, 5.74) is 0.470. The van der Waals surface area contributed by atoms with E-state index in [1.807, 2.05) is 29.5 Å². The Labute approximate surface area is 114 Å². The van der Waals surface area contributed by atoms with Crippen molar-refractivity contribution in [2.75, 3.05) is 13.6 Å². The molecular formula is C11H13ClINO2. The Kier molecular flexibility index (Phi) is 4.86. The predicted molar refractivity (Wildman–Crippen MR) is 73.1 cm³/mol. The van der Waals surface area contributed by atoms with E-state index >= 15 is 0 Å². The van der Waals surface area contributed by atoms with Crippen molar-refractivity contribution in [3.05, 3.63) is 27.3 Å². The number of hydrogen-bond donors (Lipinski definition) is 1. The van der Waals surface area contributed by atoms with Gasteiger partial charge in [-0.2, -0.15) is 0 Å². The molecule has 1 atom stereocenters. The molecule has 0 spiro atoms. The molecule has 0 saturated carbocycles. The predicted octanol–water partition coefficient (Wildman–Crippen LogP) is 2.70. The Morgan fingerprint density at radius 1 is 1.62 bits per heavy atom. The van der Waals surface area contributed by atoms with Crippen LogP contribution in [0.5, 0.6) is 5.75 Å². The zero-order valence-corrected chi connectivity index (χ0v) is 12.0. The molecule has 1 N–H and O–H groups in total. The average molecular weight is 354 g/mol. The largest absolute Gasteiger partial charge is 0.507 e. The number of carbonyl (C=O) groups is 1. The SMILES string of the molecule is CC(Cl)CN(C)C(=O)c1ccc(I)c(O)c1. The van der Waals surface area contributed by atoms with E-state index in [0.717, 1.165) is 3.57 Å². The van der Waals surface area contributed by atoms with E-state index in [0.29, 0.717) is 12.1 Å². The average Bonchev–Trinajstić information content (AvgIpc) is 2.20. The van der Waals surface area contributed by atoms with Gasteiger partial charge < -0.3 is 10.0 Å². The van der Waals surface area contributed by atoms with Crippen molar-refractivity contribution in [1.82, 2.24) is 4.90 Å². The number of phenols is 1. The zero-order chi connectivity index (χ0) is 12.3. The number of halogens is 2. The summed E-state index contributed by atoms with van der Waals surface area (Å²) in [6, 6.07) is 4.87. The molecule has 1 rings (SSSR count). The van der Waals surface area contributed by atoms with E-state index in [4.69, 9.17) is 11.6 Å². The van der Waals surface area contributed by atoms with Gasteiger partial charge >= 0.3 is 0 Å². The fourth-order valence-corrected chi connectivity index (χ4v) is 1.87. The highest BCUT2D eigenvalue weighted by Gasteiger charge is 2.14. The molecule has 88 valence electrons. The molecule has 5 heteroatoms. The molecule has 3 nitrogen and oxygen atoms in total. The normalized spacial score (nSPS) is 12.2. The number of carbonyl (C=O) groups excluding carboxylic acids is 1. The minimum absolute atomic E-state index is 0.0913. The number of aromatic hydroxyl groups is 1. The summed E-state index contributed by atoms with van der Waals surface area (Å²) in [4.78, 5) is 13.4. The summed E-state index contributed by atoms with van der Waals surface area (Å²) in [5.74, 6) is -0.0158. The minimum atomic E-state index is -0.140. The molecule has 0 saturated heterocycles. The summed E-state index contributed by atoms with van der Waals surface area (Å²) in [6.07, 6.45) is 0. The van der Waals surface area contributed by atoms with Crippen LogP contribution in [0.3, 0.4) is 0 Å². The first-order valence-electron chi connectivity index (χ1n) is 4.80. The second-order valence-electron chi connectivity index (χ2n) is 3.63. The van der Waals surface area contributed by atoms with Gasteiger partial charge in [0.2, 0.25) is 0 Å². The smallest absolute Gasteiger partial charge is 0.253 e. The fraction of sp³-hybridized carbons (Fsp3) is 0.364. The summed E-state index contributed by atoms with van der Waals surface area (Å²) < 4.78 is 0.725. The van der Waals surface area contributed by atoms with Crippen molar-refractivity contribution in [2.24, 2.45) is 0 Å². The first-order valence-corrected chi connectivity index (χ1v) is 6.31. The third kappa shape index (κ3) is 3.52. The van der Waals surface area contributed by atoms with E-state index in [-0.39, 0.29) is 17.0 Å². The molecule has 0 aliphatic carbocycles. The van der Waals surface area contributed by atoms with Crippen LogP contribution in [0.2, 0.25) is 0 Å². The van der Waals surface area contributed by atoms with Gasteiger partial charge in [-0.05, 0) is 47.7 Å². The quantitative estimate of drug-likeness (QED) is 0.670. The van der Waals surface area contributed by atoms with E-state index in [9.17, 15) is 9.90 Å². The van der Waals surface area contributed by atoms with Gasteiger partial charge in [0.15, 0.2) is 0 Å². The maximum Gasteiger partial charge on any atom is 0.253 e. The van der Waals surface area contributed by atoms with Crippen LogP contribution in [-0.2, 0) is 0 Å². The molecule has 0 aliphatic rings. The van der Waals surface area contributed by atoms with E-state index < -0.39 is 0 Å². The Morgan fingerprint density at radius 2 is 2.25 bits per heavy atom. The molecule has 16 heavy (non-hydrogen) atoms. The zero-order valence-electron chi connectivity index (χ0n) is 9.08. The second kappa shape index (κ2) is 5.72. The van der Waals surface area contributed by atoms with Gasteiger partial charge in [-0.1, -0.05) is 0 Å². The Morgan fingerprint density at radius 3 is 2.75 bits per heavy atom. The van der Waals surface area contributed by atoms with Gasteiger partial charge in [-0.3, -0.25) is 4.79 Å². The lowest BCUT2D eigenvalue weighted by Gasteiger charge is -2.18. The summed E-state index contributed by atoms with van der Waals surface area (Å²) in [7, 11) is 1.69. The molecule has 0 aromatic heterocycles. The van der Waals surface area contributed by atoms with Gasteiger partial charge in [0.25, 0.3) is 5.91 Å². The summed E-state index contributed by atoms with van der Waals surface area (Å²) in [5, 5.41) is 9.42. The van der Waals surface area contributed by atoms with Crippen LogP contribution >= 0.6 is 34.2 Å². The first kappa shape index (κ1) is 13.6. The van der Waals surface area contributed by atoms with Crippen molar-refractivity contribution < 1.29 is 9.90 Å². The molecule has 0 radical (unpaired) electrons. The van der Waals surface area contributed by atoms with E-state index in [1.54, 1.807) is 24.1 Å². The van der Waals surface area contributed by atoms with E-state index in [1.165, 1.54) is 6.07 Å². The van der Waals surface area contributed by atoms with Gasteiger partial charge in [0, 0.05) is 24.5 Å². The number of nitrogens with zero attached hydrogens (tertiary/aromatic N) is 1. The minimum Gasteiger partial charge on any atom is -0.507 e. The monoisotopic (exact) mass is 353 g/mol. The number of amides is 1. The molecule has 0 bridgehead atoms. The van der Waals surface area contributed by atoms with Crippen molar-refractivity contribution in [1.29, 1.82) is 0 Å². The van der Waals surface area contributed by atoms with Gasteiger partial charge in [-0.15, -0.1) is 11.6 Å². The third-order valence-corrected chi connectivity index (χ3v) is 3.12. The second-order valence-corrected chi connectivity index (χ2v) is 5.54. The van der Waals surface area contributed by atoms with Gasteiger partial charge in [0.1, 0.15) is 5.75 Å².